The van der Waals surface area contributed by atoms with E-state index >= 15 is 0 Å². The first-order valence-corrected chi connectivity index (χ1v) is 14.3. The van der Waals surface area contributed by atoms with E-state index in [1.165, 1.54) is 0 Å². The highest BCUT2D eigenvalue weighted by atomic mass is 16.4. The van der Waals surface area contributed by atoms with Gasteiger partial charge in [-0.1, -0.05) is 62.4 Å². The Morgan fingerprint density at radius 1 is 0.833 bits per heavy atom. The van der Waals surface area contributed by atoms with E-state index in [4.69, 9.17) is 11.5 Å². The van der Waals surface area contributed by atoms with E-state index in [2.05, 4.69) is 20.9 Å². The summed E-state index contributed by atoms with van der Waals surface area (Å²) in [5.74, 6) is -3.23. The second kappa shape index (κ2) is 15.7. The number of nitrogens with one attached hydrogen (secondary N) is 4. The van der Waals surface area contributed by atoms with Gasteiger partial charge in [-0.2, -0.15) is 0 Å². The van der Waals surface area contributed by atoms with E-state index in [0.717, 1.165) is 22.0 Å². The molecule has 42 heavy (non-hydrogen) atoms. The lowest BCUT2D eigenvalue weighted by Gasteiger charge is -2.26. The minimum atomic E-state index is -1.16. The van der Waals surface area contributed by atoms with Crippen LogP contribution in [0.3, 0.4) is 0 Å². The third-order valence-electron chi connectivity index (χ3n) is 7.18. The maximum Gasteiger partial charge on any atom is 0.326 e. The van der Waals surface area contributed by atoms with Gasteiger partial charge in [0.2, 0.25) is 17.7 Å². The quantitative estimate of drug-likeness (QED) is 0.125. The second-order valence-electron chi connectivity index (χ2n) is 10.8. The van der Waals surface area contributed by atoms with Crippen LogP contribution in [0.5, 0.6) is 0 Å². The molecule has 3 amide bonds. The number of amides is 3. The van der Waals surface area contributed by atoms with Gasteiger partial charge in [-0.3, -0.25) is 14.4 Å². The number of aromatic nitrogens is 1. The summed E-state index contributed by atoms with van der Waals surface area (Å²) in [5, 5.41) is 18.6. The molecule has 11 heteroatoms. The zero-order chi connectivity index (χ0) is 30.6. The van der Waals surface area contributed by atoms with Crippen LogP contribution in [0.4, 0.5) is 0 Å². The molecule has 3 rings (SSSR count). The average molecular weight is 579 g/mol. The number of nitrogens with two attached hydrogens (primary N) is 2. The average Bonchev–Trinajstić information content (AvgIpc) is 3.37. The lowest BCUT2D eigenvalue weighted by molar-refractivity contribution is -0.143. The lowest BCUT2D eigenvalue weighted by atomic mass is 10.0. The molecule has 0 bridgehead atoms. The summed E-state index contributed by atoms with van der Waals surface area (Å²) in [7, 11) is 0. The first kappa shape index (κ1) is 32.3. The first-order chi connectivity index (χ1) is 20.1. The van der Waals surface area contributed by atoms with Crippen molar-refractivity contribution in [3.05, 3.63) is 71.9 Å². The highest BCUT2D eigenvalue weighted by Crippen LogP contribution is 2.19. The maximum atomic E-state index is 13.7. The molecule has 4 atom stereocenters. The van der Waals surface area contributed by atoms with Crippen molar-refractivity contribution in [3.8, 4) is 0 Å². The third-order valence-corrected chi connectivity index (χ3v) is 7.18. The molecule has 0 saturated heterocycles. The van der Waals surface area contributed by atoms with E-state index in [1.807, 2.05) is 54.6 Å². The molecule has 0 aliphatic heterocycles. The van der Waals surface area contributed by atoms with Gasteiger partial charge in [0.1, 0.15) is 18.1 Å². The van der Waals surface area contributed by atoms with Crippen LogP contribution in [0.2, 0.25) is 0 Å². The first-order valence-electron chi connectivity index (χ1n) is 14.3. The van der Waals surface area contributed by atoms with Gasteiger partial charge in [-0.15, -0.1) is 0 Å². The topological polar surface area (TPSA) is 192 Å². The van der Waals surface area contributed by atoms with Crippen molar-refractivity contribution in [2.75, 3.05) is 6.54 Å². The molecule has 2 aromatic carbocycles. The number of hydrogen-bond donors (Lipinski definition) is 7. The predicted octanol–water partition coefficient (Wildman–Crippen LogP) is 1.60. The fourth-order valence-electron chi connectivity index (χ4n) is 4.77. The van der Waals surface area contributed by atoms with Crippen LogP contribution in [-0.2, 0) is 32.0 Å². The molecule has 0 aliphatic carbocycles. The van der Waals surface area contributed by atoms with Crippen molar-refractivity contribution in [2.24, 2.45) is 17.4 Å². The molecule has 9 N–H and O–H groups in total. The summed E-state index contributed by atoms with van der Waals surface area (Å²) in [6, 6.07) is 12.8. The van der Waals surface area contributed by atoms with E-state index in [9.17, 15) is 24.3 Å². The fraction of sp³-hybridized carbons (Fsp3) is 0.419. The summed E-state index contributed by atoms with van der Waals surface area (Å²) < 4.78 is 0. The van der Waals surface area contributed by atoms with E-state index < -0.39 is 47.9 Å². The summed E-state index contributed by atoms with van der Waals surface area (Å²) in [6.45, 7) is 3.78. The molecule has 11 nitrogen and oxygen atoms in total. The van der Waals surface area contributed by atoms with E-state index in [-0.39, 0.29) is 25.2 Å². The van der Waals surface area contributed by atoms with Gasteiger partial charge in [0.05, 0.1) is 6.04 Å². The molecule has 226 valence electrons. The molecule has 0 fully saturated rings. The van der Waals surface area contributed by atoms with Gasteiger partial charge in [-0.25, -0.2) is 4.79 Å². The van der Waals surface area contributed by atoms with Crippen LogP contribution < -0.4 is 27.4 Å². The van der Waals surface area contributed by atoms with Crippen molar-refractivity contribution in [3.63, 3.8) is 0 Å². The zero-order valence-corrected chi connectivity index (χ0v) is 24.1. The van der Waals surface area contributed by atoms with Crippen molar-refractivity contribution < 1.29 is 24.3 Å². The number of rotatable bonds is 16. The van der Waals surface area contributed by atoms with Crippen LogP contribution in [0.25, 0.3) is 10.9 Å². The molecule has 0 aliphatic rings. The van der Waals surface area contributed by atoms with Gasteiger partial charge in [-0.05, 0) is 55.3 Å². The summed E-state index contributed by atoms with van der Waals surface area (Å²) in [5.41, 5.74) is 14.4. The Bertz CT molecular complexity index is 1340. The number of fused-ring (bicyclic) bond motifs is 1. The predicted molar refractivity (Wildman–Crippen MR) is 161 cm³/mol. The Hall–Kier alpha value is -4.22. The number of para-hydroxylation sites is 1. The van der Waals surface area contributed by atoms with Crippen LogP contribution >= 0.6 is 0 Å². The standard InChI is InChI=1S/C31H42N6O5/c1-19(2)27(31(41)42)37-29(39)25(14-8-9-15-32)35-30(40)26(17-21-18-34-24-13-7-6-12-22(21)24)36-28(38)23(33)16-20-10-4-3-5-11-20/h3-7,10-13,18-19,23,25-27,34H,8-9,14-17,32-33H2,1-2H3,(H,35,40)(H,36,38)(H,37,39)(H,41,42). The summed E-state index contributed by atoms with van der Waals surface area (Å²) in [4.78, 5) is 55.0. The fourth-order valence-corrected chi connectivity index (χ4v) is 4.77. The highest BCUT2D eigenvalue weighted by Gasteiger charge is 2.31. The van der Waals surface area contributed by atoms with Crippen LogP contribution in [0.1, 0.15) is 44.2 Å². The minimum Gasteiger partial charge on any atom is -0.480 e. The van der Waals surface area contributed by atoms with Gasteiger partial charge in [0.25, 0.3) is 0 Å². The number of carbonyl (C=O) groups is 4. The largest absolute Gasteiger partial charge is 0.480 e. The van der Waals surface area contributed by atoms with Crippen LogP contribution in [0, 0.1) is 5.92 Å². The second-order valence-corrected chi connectivity index (χ2v) is 10.8. The lowest BCUT2D eigenvalue weighted by Crippen LogP contribution is -2.58. The number of carboxylic acid groups (broad SMARTS) is 1. The van der Waals surface area contributed by atoms with E-state index in [1.54, 1.807) is 20.0 Å². The van der Waals surface area contributed by atoms with Gasteiger partial charge in [0, 0.05) is 23.5 Å². The summed E-state index contributed by atoms with van der Waals surface area (Å²) >= 11 is 0. The van der Waals surface area contributed by atoms with Crippen molar-refractivity contribution in [1.29, 1.82) is 0 Å². The molecule has 0 spiro atoms. The Kier molecular flexibility index (Phi) is 12.1. The molecule has 1 aromatic heterocycles. The number of H-pyrrole nitrogens is 1. The molecule has 0 saturated carbocycles. The Morgan fingerprint density at radius 2 is 1.48 bits per heavy atom. The number of unbranched alkanes of at least 4 members (excludes halogenated alkanes) is 1. The molecular weight excluding hydrogens is 536 g/mol. The molecule has 1 heterocycles. The zero-order valence-electron chi connectivity index (χ0n) is 24.1. The highest BCUT2D eigenvalue weighted by molar-refractivity contribution is 5.95. The number of carboxylic acids is 1. The van der Waals surface area contributed by atoms with Gasteiger partial charge in [0.15, 0.2) is 0 Å². The number of benzene rings is 2. The smallest absolute Gasteiger partial charge is 0.326 e. The summed E-state index contributed by atoms with van der Waals surface area (Å²) in [6.07, 6.45) is 3.61. The Morgan fingerprint density at radius 3 is 2.14 bits per heavy atom. The number of carbonyl (C=O) groups excluding carboxylic acids is 3. The van der Waals surface area contributed by atoms with Crippen LogP contribution in [-0.4, -0.2) is 64.5 Å². The number of aliphatic carboxylic acids is 1. The SMILES string of the molecule is CC(C)C(NC(=O)C(CCCCN)NC(=O)C(Cc1c[nH]c2ccccc12)NC(=O)C(N)Cc1ccccc1)C(=O)O. The molecular formula is C31H42N6O5. The van der Waals surface area contributed by atoms with Crippen LogP contribution in [0.15, 0.2) is 60.8 Å². The Labute approximate surface area is 245 Å². The normalized spacial score (nSPS) is 14.1. The molecule has 3 aromatic rings. The van der Waals surface area contributed by atoms with E-state index in [0.29, 0.717) is 19.4 Å². The Balaban J connectivity index is 1.83. The van der Waals surface area contributed by atoms with Crippen molar-refractivity contribution in [2.45, 2.75) is 70.1 Å². The van der Waals surface area contributed by atoms with Gasteiger partial charge >= 0.3 is 5.97 Å². The number of hydrogen-bond acceptors (Lipinski definition) is 6. The molecule has 0 radical (unpaired) electrons. The monoisotopic (exact) mass is 578 g/mol. The van der Waals surface area contributed by atoms with Crippen molar-refractivity contribution >= 4 is 34.6 Å². The third kappa shape index (κ3) is 9.15. The minimum absolute atomic E-state index is 0.139. The van der Waals surface area contributed by atoms with Gasteiger partial charge < -0.3 is 37.5 Å². The maximum absolute atomic E-state index is 13.7. The number of aromatic amines is 1. The molecule has 4 unspecified atom stereocenters. The van der Waals surface area contributed by atoms with Crippen molar-refractivity contribution in [1.82, 2.24) is 20.9 Å².